The third kappa shape index (κ3) is 3.46. The maximum absolute atomic E-state index is 12.3. The topological polar surface area (TPSA) is 62.3 Å². The molecule has 5 nitrogen and oxygen atoms in total. The number of aryl methyl sites for hydroxylation is 1. The van der Waals surface area contributed by atoms with E-state index in [9.17, 15) is 8.42 Å². The van der Waals surface area contributed by atoms with E-state index in [0.29, 0.717) is 12.2 Å². The van der Waals surface area contributed by atoms with Gasteiger partial charge in [-0.2, -0.15) is 12.7 Å². The van der Waals surface area contributed by atoms with Crippen LogP contribution >= 0.6 is 15.9 Å². The maximum Gasteiger partial charge on any atom is 0.301 e. The van der Waals surface area contributed by atoms with Crippen LogP contribution in [0, 0.1) is 6.92 Å². The minimum absolute atomic E-state index is 0.0516. The van der Waals surface area contributed by atoms with Gasteiger partial charge in [0, 0.05) is 12.6 Å². The Labute approximate surface area is 122 Å². The first-order valence-corrected chi connectivity index (χ1v) is 8.55. The monoisotopic (exact) mass is 347 g/mol. The number of halogens is 1. The predicted octanol–water partition coefficient (Wildman–Crippen LogP) is 2.68. The Morgan fingerprint density at radius 1 is 1.47 bits per heavy atom. The summed E-state index contributed by atoms with van der Waals surface area (Å²) >= 11 is 3.30. The van der Waals surface area contributed by atoms with Crippen molar-refractivity contribution >= 4 is 31.8 Å². The van der Waals surface area contributed by atoms with Gasteiger partial charge in [-0.1, -0.05) is 6.42 Å². The molecule has 0 radical (unpaired) electrons. The molecule has 1 N–H and O–H groups in total. The molecule has 1 aliphatic rings. The van der Waals surface area contributed by atoms with Crippen LogP contribution in [0.4, 0.5) is 5.69 Å². The highest BCUT2D eigenvalue weighted by Gasteiger charge is 2.29. The van der Waals surface area contributed by atoms with E-state index in [-0.39, 0.29) is 6.04 Å². The molecule has 0 amide bonds. The Hall–Kier alpha value is -0.660. The molecule has 1 fully saturated rings. The molecule has 1 atom stereocenters. The summed E-state index contributed by atoms with van der Waals surface area (Å²) in [5.41, 5.74) is 1.39. The van der Waals surface area contributed by atoms with Gasteiger partial charge in [0.25, 0.3) is 0 Å². The Bertz CT molecular complexity index is 562. The molecule has 1 saturated heterocycles. The summed E-state index contributed by atoms with van der Waals surface area (Å²) in [6.45, 7) is 4.40. The molecular weight excluding hydrogens is 330 g/mol. The number of nitrogens with zero attached hydrogens (tertiary/aromatic N) is 2. The number of piperidine rings is 1. The van der Waals surface area contributed by atoms with Crippen LogP contribution in [0.5, 0.6) is 0 Å². The SMILES string of the molecule is Cc1cc(NS(=O)(=O)N2CCCCC2C)cnc1Br. The lowest BCUT2D eigenvalue weighted by Crippen LogP contribution is -2.44. The molecule has 0 bridgehead atoms. The molecular formula is C12H18BrN3O2S. The second-order valence-corrected chi connectivity index (χ2v) is 7.27. The van der Waals surface area contributed by atoms with Crippen molar-refractivity contribution in [3.63, 3.8) is 0 Å². The summed E-state index contributed by atoms with van der Waals surface area (Å²) in [5, 5.41) is 0. The van der Waals surface area contributed by atoms with E-state index in [4.69, 9.17) is 0 Å². The van der Waals surface area contributed by atoms with Crippen LogP contribution in [0.15, 0.2) is 16.9 Å². The molecule has 1 aliphatic heterocycles. The number of hydrogen-bond donors (Lipinski definition) is 1. The molecule has 106 valence electrons. The standard InChI is InChI=1S/C12H18BrN3O2S/c1-9-7-11(8-14-12(9)13)15-19(17,18)16-6-4-3-5-10(16)2/h7-8,10,15H,3-6H2,1-2H3. The molecule has 1 aromatic rings. The van der Waals surface area contributed by atoms with Gasteiger partial charge in [-0.25, -0.2) is 4.98 Å². The van der Waals surface area contributed by atoms with Gasteiger partial charge in [0.2, 0.25) is 0 Å². The predicted molar refractivity (Wildman–Crippen MR) is 79.2 cm³/mol. The van der Waals surface area contributed by atoms with Crippen molar-refractivity contribution in [2.45, 2.75) is 39.2 Å². The highest BCUT2D eigenvalue weighted by atomic mass is 79.9. The molecule has 1 unspecified atom stereocenters. The molecule has 2 heterocycles. The largest absolute Gasteiger partial charge is 0.301 e. The average molecular weight is 348 g/mol. The fourth-order valence-electron chi connectivity index (χ4n) is 2.25. The third-order valence-electron chi connectivity index (χ3n) is 3.31. The van der Waals surface area contributed by atoms with Crippen LogP contribution in [-0.2, 0) is 10.2 Å². The third-order valence-corrected chi connectivity index (χ3v) is 5.80. The van der Waals surface area contributed by atoms with Crippen molar-refractivity contribution in [1.29, 1.82) is 0 Å². The zero-order chi connectivity index (χ0) is 14.0. The number of pyridine rings is 1. The van der Waals surface area contributed by atoms with Gasteiger partial charge < -0.3 is 0 Å². The zero-order valence-corrected chi connectivity index (χ0v) is 13.5. The van der Waals surface area contributed by atoms with Crippen molar-refractivity contribution in [2.75, 3.05) is 11.3 Å². The first-order chi connectivity index (χ1) is 8.90. The van der Waals surface area contributed by atoms with Gasteiger partial charge in [-0.3, -0.25) is 4.72 Å². The molecule has 1 aromatic heterocycles. The zero-order valence-electron chi connectivity index (χ0n) is 11.1. The fourth-order valence-corrected chi connectivity index (χ4v) is 3.94. The van der Waals surface area contributed by atoms with Gasteiger partial charge >= 0.3 is 10.2 Å². The maximum atomic E-state index is 12.3. The second kappa shape index (κ2) is 5.76. The summed E-state index contributed by atoms with van der Waals surface area (Å²) in [4.78, 5) is 4.10. The average Bonchev–Trinajstić information content (AvgIpc) is 2.34. The summed E-state index contributed by atoms with van der Waals surface area (Å²) in [5.74, 6) is 0. The van der Waals surface area contributed by atoms with Gasteiger partial charge in [-0.05, 0) is 54.2 Å². The molecule has 0 aliphatic carbocycles. The van der Waals surface area contributed by atoms with E-state index < -0.39 is 10.2 Å². The quantitative estimate of drug-likeness (QED) is 0.855. The molecule has 0 spiro atoms. The number of hydrogen-bond acceptors (Lipinski definition) is 3. The normalized spacial score (nSPS) is 21.3. The van der Waals surface area contributed by atoms with E-state index in [1.54, 1.807) is 6.07 Å². The Balaban J connectivity index is 2.18. The summed E-state index contributed by atoms with van der Waals surface area (Å²) in [6.07, 6.45) is 4.44. The number of anilines is 1. The van der Waals surface area contributed by atoms with E-state index in [0.717, 1.165) is 29.4 Å². The van der Waals surface area contributed by atoms with E-state index in [1.165, 1.54) is 10.5 Å². The lowest BCUT2D eigenvalue weighted by Gasteiger charge is -2.32. The fraction of sp³-hybridized carbons (Fsp3) is 0.583. The molecule has 2 rings (SSSR count). The van der Waals surface area contributed by atoms with E-state index >= 15 is 0 Å². The molecule has 0 aromatic carbocycles. The van der Waals surface area contributed by atoms with Crippen LogP contribution in [0.25, 0.3) is 0 Å². The Kier molecular flexibility index (Phi) is 4.47. The van der Waals surface area contributed by atoms with Gasteiger partial charge in [0.15, 0.2) is 0 Å². The lowest BCUT2D eigenvalue weighted by molar-refractivity contribution is 0.270. The second-order valence-electron chi connectivity index (χ2n) is 4.89. The van der Waals surface area contributed by atoms with Gasteiger partial charge in [0.1, 0.15) is 4.60 Å². The van der Waals surface area contributed by atoms with Crippen molar-refractivity contribution < 1.29 is 8.42 Å². The summed E-state index contributed by atoms with van der Waals surface area (Å²) < 4.78 is 29.5. The summed E-state index contributed by atoms with van der Waals surface area (Å²) in [6, 6.07) is 1.82. The smallest absolute Gasteiger partial charge is 0.269 e. The minimum Gasteiger partial charge on any atom is -0.269 e. The highest BCUT2D eigenvalue weighted by Crippen LogP contribution is 2.23. The number of rotatable bonds is 3. The van der Waals surface area contributed by atoms with Crippen molar-refractivity contribution in [3.8, 4) is 0 Å². The van der Waals surface area contributed by atoms with Crippen LogP contribution in [-0.4, -0.2) is 30.3 Å². The van der Waals surface area contributed by atoms with Crippen molar-refractivity contribution in [3.05, 3.63) is 22.4 Å². The van der Waals surface area contributed by atoms with Gasteiger partial charge in [-0.15, -0.1) is 0 Å². The van der Waals surface area contributed by atoms with E-state index in [2.05, 4.69) is 25.6 Å². The first-order valence-electron chi connectivity index (χ1n) is 6.32. The molecule has 19 heavy (non-hydrogen) atoms. The number of nitrogens with one attached hydrogen (secondary N) is 1. The Morgan fingerprint density at radius 3 is 2.84 bits per heavy atom. The van der Waals surface area contributed by atoms with Crippen LogP contribution < -0.4 is 4.72 Å². The number of aromatic nitrogens is 1. The van der Waals surface area contributed by atoms with Gasteiger partial charge in [0.05, 0.1) is 11.9 Å². The molecule has 0 saturated carbocycles. The Morgan fingerprint density at radius 2 is 2.21 bits per heavy atom. The van der Waals surface area contributed by atoms with Crippen molar-refractivity contribution in [1.82, 2.24) is 9.29 Å². The first kappa shape index (κ1) is 14.7. The van der Waals surface area contributed by atoms with Crippen LogP contribution in [0.1, 0.15) is 31.7 Å². The lowest BCUT2D eigenvalue weighted by atomic mass is 10.1. The van der Waals surface area contributed by atoms with E-state index in [1.807, 2.05) is 13.8 Å². The van der Waals surface area contributed by atoms with Crippen LogP contribution in [0.3, 0.4) is 0 Å². The molecule has 7 heteroatoms. The van der Waals surface area contributed by atoms with Crippen LogP contribution in [0.2, 0.25) is 0 Å². The highest BCUT2D eigenvalue weighted by molar-refractivity contribution is 9.10. The van der Waals surface area contributed by atoms with Crippen molar-refractivity contribution in [2.24, 2.45) is 0 Å². The minimum atomic E-state index is -3.49. The summed E-state index contributed by atoms with van der Waals surface area (Å²) in [7, 11) is -3.49.